The van der Waals surface area contributed by atoms with Crippen LogP contribution in [0.25, 0.3) is 17.5 Å². The van der Waals surface area contributed by atoms with E-state index >= 15 is 0 Å². The second-order valence-corrected chi connectivity index (χ2v) is 10.0. The molecule has 0 aliphatic carbocycles. The van der Waals surface area contributed by atoms with Gasteiger partial charge in [-0.2, -0.15) is 5.26 Å². The zero-order valence-corrected chi connectivity index (χ0v) is 21.3. The number of carbonyl (C=O) groups excluding carboxylic acids is 1. The van der Waals surface area contributed by atoms with Gasteiger partial charge in [-0.05, 0) is 48.4 Å². The van der Waals surface area contributed by atoms with E-state index in [1.54, 1.807) is 13.0 Å². The quantitative estimate of drug-likeness (QED) is 0.472. The number of nitriles is 1. The van der Waals surface area contributed by atoms with Crippen molar-refractivity contribution >= 4 is 66.6 Å². The van der Waals surface area contributed by atoms with Gasteiger partial charge in [0, 0.05) is 8.95 Å². The molecule has 3 aromatic rings. The van der Waals surface area contributed by atoms with Crippen molar-refractivity contribution in [2.45, 2.75) is 12.8 Å². The molecule has 2 heterocycles. The highest BCUT2D eigenvalue weighted by Gasteiger charge is 2.36. The van der Waals surface area contributed by atoms with Gasteiger partial charge in [0.15, 0.2) is 0 Å². The Morgan fingerprint density at radius 3 is 2.58 bits per heavy atom. The Labute approximate surface area is 210 Å². The molecule has 0 spiro atoms. The van der Waals surface area contributed by atoms with Crippen molar-refractivity contribution in [1.29, 1.82) is 5.26 Å². The SMILES string of the molecule is CCOC(=O)C1=c2s/c(=C\c3cccc(Br)c3)c(=O)n2C(N)=C(C#N)[C@@H]1c1cccc(Br)c1. The van der Waals surface area contributed by atoms with E-state index < -0.39 is 17.4 Å². The summed E-state index contributed by atoms with van der Waals surface area (Å²) in [6.45, 7) is 1.86. The van der Waals surface area contributed by atoms with Gasteiger partial charge in [0.2, 0.25) is 0 Å². The van der Waals surface area contributed by atoms with Gasteiger partial charge in [-0.3, -0.25) is 9.36 Å². The lowest BCUT2D eigenvalue weighted by Gasteiger charge is -2.24. The fourth-order valence-corrected chi connectivity index (χ4v) is 5.72. The first kappa shape index (κ1) is 23.2. The number of hydrogen-bond acceptors (Lipinski definition) is 6. The highest BCUT2D eigenvalue weighted by atomic mass is 79.9. The fraction of sp³-hybridized carbons (Fsp3) is 0.125. The number of hydrogen-bond donors (Lipinski definition) is 1. The van der Waals surface area contributed by atoms with Crippen LogP contribution in [0.4, 0.5) is 0 Å². The summed E-state index contributed by atoms with van der Waals surface area (Å²) in [6, 6.07) is 16.9. The third-order valence-electron chi connectivity index (χ3n) is 5.09. The maximum absolute atomic E-state index is 13.3. The fourth-order valence-electron chi connectivity index (χ4n) is 3.72. The highest BCUT2D eigenvalue weighted by Crippen LogP contribution is 2.37. The molecule has 1 aliphatic heterocycles. The number of ether oxygens (including phenoxy) is 1. The standard InChI is InChI=1S/C24H17Br2N3O3S/c1-2-32-24(31)20-19(14-6-4-8-16(26)11-14)17(12-27)21(28)29-22(30)18(33-23(20)29)10-13-5-3-7-15(25)9-13/h3-11,19H,2,28H2,1H3/b18-10-/t19-/m0/s1. The van der Waals surface area contributed by atoms with Gasteiger partial charge in [0.05, 0.1) is 34.3 Å². The zero-order valence-electron chi connectivity index (χ0n) is 17.3. The van der Waals surface area contributed by atoms with Gasteiger partial charge in [-0.15, -0.1) is 11.3 Å². The number of nitrogens with zero attached hydrogens (tertiary/aromatic N) is 2. The predicted octanol–water partition coefficient (Wildman–Crippen LogP) is 3.43. The Kier molecular flexibility index (Phi) is 6.70. The third-order valence-corrected chi connectivity index (χ3v) is 7.19. The van der Waals surface area contributed by atoms with Gasteiger partial charge in [-0.25, -0.2) is 4.79 Å². The summed E-state index contributed by atoms with van der Waals surface area (Å²) in [5.41, 5.74) is 7.81. The number of esters is 1. The molecule has 9 heteroatoms. The van der Waals surface area contributed by atoms with Crippen molar-refractivity contribution < 1.29 is 9.53 Å². The van der Waals surface area contributed by atoms with Crippen LogP contribution in [0.1, 0.15) is 24.0 Å². The van der Waals surface area contributed by atoms with Gasteiger partial charge >= 0.3 is 5.97 Å². The Morgan fingerprint density at radius 1 is 1.24 bits per heavy atom. The summed E-state index contributed by atoms with van der Waals surface area (Å²) in [6.07, 6.45) is 1.74. The maximum Gasteiger partial charge on any atom is 0.338 e. The van der Waals surface area contributed by atoms with E-state index in [4.69, 9.17) is 10.5 Å². The first-order valence-electron chi connectivity index (χ1n) is 9.91. The normalized spacial score (nSPS) is 15.9. The Hall–Kier alpha value is -2.93. The molecule has 0 saturated heterocycles. The number of thiazole rings is 1. The maximum atomic E-state index is 13.3. The minimum atomic E-state index is -0.761. The van der Waals surface area contributed by atoms with E-state index in [1.807, 2.05) is 48.5 Å². The lowest BCUT2D eigenvalue weighted by atomic mass is 9.84. The van der Waals surface area contributed by atoms with Crippen molar-refractivity contribution in [3.8, 4) is 6.07 Å². The van der Waals surface area contributed by atoms with E-state index in [1.165, 1.54) is 4.57 Å². The smallest absolute Gasteiger partial charge is 0.338 e. The summed E-state index contributed by atoms with van der Waals surface area (Å²) < 4.78 is 9.00. The molecule has 4 rings (SSSR count). The number of benzene rings is 2. The molecule has 2 N–H and O–H groups in total. The summed E-state index contributed by atoms with van der Waals surface area (Å²) in [7, 11) is 0. The van der Waals surface area contributed by atoms with Crippen molar-refractivity contribution in [1.82, 2.24) is 4.57 Å². The number of carbonyl (C=O) groups is 1. The van der Waals surface area contributed by atoms with Crippen LogP contribution in [0.15, 0.2) is 67.8 Å². The van der Waals surface area contributed by atoms with Gasteiger partial charge in [0.25, 0.3) is 5.56 Å². The molecule has 0 unspecified atom stereocenters. The molecule has 0 radical (unpaired) electrons. The molecule has 1 aromatic heterocycles. The van der Waals surface area contributed by atoms with Crippen LogP contribution in [0.3, 0.4) is 0 Å². The van der Waals surface area contributed by atoms with E-state index in [0.717, 1.165) is 25.8 Å². The van der Waals surface area contributed by atoms with Crippen LogP contribution in [-0.4, -0.2) is 17.1 Å². The van der Waals surface area contributed by atoms with Crippen molar-refractivity contribution in [3.63, 3.8) is 0 Å². The van der Waals surface area contributed by atoms with Gasteiger partial charge in [0.1, 0.15) is 10.5 Å². The van der Waals surface area contributed by atoms with Crippen molar-refractivity contribution in [2.24, 2.45) is 5.73 Å². The zero-order chi connectivity index (χ0) is 23.7. The number of aromatic nitrogens is 1. The number of allylic oxidation sites excluding steroid dienone is 1. The van der Waals surface area contributed by atoms with Crippen LogP contribution in [0.5, 0.6) is 0 Å². The first-order valence-corrected chi connectivity index (χ1v) is 12.3. The minimum absolute atomic E-state index is 0.0145. The molecule has 1 aliphatic rings. The summed E-state index contributed by atoms with van der Waals surface area (Å²) in [5, 5.41) is 9.99. The van der Waals surface area contributed by atoms with E-state index in [-0.39, 0.29) is 23.6 Å². The average molecular weight is 587 g/mol. The largest absolute Gasteiger partial charge is 0.463 e. The van der Waals surface area contributed by atoms with E-state index in [0.29, 0.717) is 14.8 Å². The number of halogens is 2. The number of rotatable bonds is 4. The lowest BCUT2D eigenvalue weighted by molar-refractivity contribution is -0.136. The Morgan fingerprint density at radius 2 is 1.94 bits per heavy atom. The minimum Gasteiger partial charge on any atom is -0.463 e. The van der Waals surface area contributed by atoms with Crippen molar-refractivity contribution in [2.75, 3.05) is 6.61 Å². The number of fused-ring (bicyclic) bond motifs is 1. The predicted molar refractivity (Wildman–Crippen MR) is 135 cm³/mol. The molecule has 0 saturated carbocycles. The molecule has 33 heavy (non-hydrogen) atoms. The van der Waals surface area contributed by atoms with Gasteiger partial charge < -0.3 is 10.5 Å². The number of nitrogens with two attached hydrogens (primary N) is 1. The van der Waals surface area contributed by atoms with Gasteiger partial charge in [-0.1, -0.05) is 56.1 Å². The molecular weight excluding hydrogens is 570 g/mol. The van der Waals surface area contributed by atoms with Crippen LogP contribution < -0.4 is 20.5 Å². The average Bonchev–Trinajstić information content (AvgIpc) is 3.09. The Balaban J connectivity index is 2.10. The van der Waals surface area contributed by atoms with Crippen LogP contribution in [0.2, 0.25) is 0 Å². The van der Waals surface area contributed by atoms with E-state index in [9.17, 15) is 14.9 Å². The lowest BCUT2D eigenvalue weighted by Crippen LogP contribution is -2.40. The summed E-state index contributed by atoms with van der Waals surface area (Å²) >= 11 is 8.03. The molecular formula is C24H17Br2N3O3S. The van der Waals surface area contributed by atoms with Crippen LogP contribution in [0, 0.1) is 11.3 Å². The van der Waals surface area contributed by atoms with E-state index in [2.05, 4.69) is 37.9 Å². The molecule has 1 atom stereocenters. The second kappa shape index (κ2) is 9.51. The molecule has 0 amide bonds. The topological polar surface area (TPSA) is 98.1 Å². The first-order chi connectivity index (χ1) is 15.8. The molecule has 6 nitrogen and oxygen atoms in total. The Bertz CT molecular complexity index is 1530. The molecule has 166 valence electrons. The monoisotopic (exact) mass is 585 g/mol. The molecule has 0 fully saturated rings. The van der Waals surface area contributed by atoms with Crippen molar-refractivity contribution in [3.05, 3.63) is 93.7 Å². The third kappa shape index (κ3) is 4.34. The summed E-state index contributed by atoms with van der Waals surface area (Å²) in [4.78, 5) is 26.5. The summed E-state index contributed by atoms with van der Waals surface area (Å²) in [5.74, 6) is -1.34. The second-order valence-electron chi connectivity index (χ2n) is 7.14. The molecule has 0 bridgehead atoms. The van der Waals surface area contributed by atoms with Crippen LogP contribution in [-0.2, 0) is 9.53 Å². The molecule has 2 aromatic carbocycles. The van der Waals surface area contributed by atoms with Crippen LogP contribution >= 0.6 is 43.2 Å². The highest BCUT2D eigenvalue weighted by molar-refractivity contribution is 9.10.